The van der Waals surface area contributed by atoms with E-state index in [-0.39, 0.29) is 6.10 Å². The minimum absolute atomic E-state index is 0.0957. The molecule has 0 spiro atoms. The summed E-state index contributed by atoms with van der Waals surface area (Å²) in [6.45, 7) is 1.51. The Hall–Kier alpha value is -2.61. The molecule has 1 aliphatic heterocycles. The van der Waals surface area contributed by atoms with E-state index in [9.17, 15) is 5.26 Å². The molecule has 3 aromatic rings. The second-order valence-corrected chi connectivity index (χ2v) is 6.90. The van der Waals surface area contributed by atoms with Crippen LogP contribution in [0, 0.1) is 17.2 Å². The quantitative estimate of drug-likeness (QED) is 0.712. The first-order valence-corrected chi connectivity index (χ1v) is 9.03. The molecule has 0 bridgehead atoms. The van der Waals surface area contributed by atoms with E-state index in [0.717, 1.165) is 30.5 Å². The van der Waals surface area contributed by atoms with E-state index < -0.39 is 0 Å². The van der Waals surface area contributed by atoms with Crippen molar-refractivity contribution in [2.45, 2.75) is 12.5 Å². The van der Waals surface area contributed by atoms with Gasteiger partial charge < -0.3 is 10.1 Å². The standard InChI is InChI=1S/C21H18ClN3O/c22-17-6-7-19-18(11-17)16(12-23)10-20(25-19)24-13-15-8-9-26-21(15)14-4-2-1-3-5-14/h1-7,10-11,15,21H,8-9,13H2,(H,24,25). The van der Waals surface area contributed by atoms with Crippen LogP contribution in [0.4, 0.5) is 5.82 Å². The van der Waals surface area contributed by atoms with E-state index >= 15 is 0 Å². The molecule has 1 aromatic heterocycles. The number of nitrogens with one attached hydrogen (secondary N) is 1. The van der Waals surface area contributed by atoms with Crippen LogP contribution in [0.25, 0.3) is 10.9 Å². The van der Waals surface area contributed by atoms with Gasteiger partial charge >= 0.3 is 0 Å². The molecule has 1 saturated heterocycles. The Morgan fingerprint density at radius 3 is 2.85 bits per heavy atom. The average molecular weight is 364 g/mol. The van der Waals surface area contributed by atoms with Gasteiger partial charge in [-0.3, -0.25) is 0 Å². The lowest BCUT2D eigenvalue weighted by Gasteiger charge is -2.20. The summed E-state index contributed by atoms with van der Waals surface area (Å²) in [5.74, 6) is 1.07. The summed E-state index contributed by atoms with van der Waals surface area (Å²) >= 11 is 6.04. The smallest absolute Gasteiger partial charge is 0.127 e. The highest BCUT2D eigenvalue weighted by Gasteiger charge is 2.29. The molecule has 2 atom stereocenters. The number of hydrogen-bond donors (Lipinski definition) is 1. The number of rotatable bonds is 4. The molecule has 0 saturated carbocycles. The van der Waals surface area contributed by atoms with Crippen LogP contribution in [-0.4, -0.2) is 18.1 Å². The van der Waals surface area contributed by atoms with Gasteiger partial charge in [-0.15, -0.1) is 0 Å². The van der Waals surface area contributed by atoms with Crippen LogP contribution >= 0.6 is 11.6 Å². The monoisotopic (exact) mass is 363 g/mol. The molecule has 2 unspecified atom stereocenters. The first kappa shape index (κ1) is 16.8. The number of halogens is 1. The van der Waals surface area contributed by atoms with Gasteiger partial charge in [0.1, 0.15) is 5.82 Å². The molecule has 0 amide bonds. The maximum atomic E-state index is 9.45. The third kappa shape index (κ3) is 3.37. The molecule has 1 N–H and O–H groups in total. The highest BCUT2D eigenvalue weighted by molar-refractivity contribution is 6.31. The van der Waals surface area contributed by atoms with Crippen molar-refractivity contribution < 1.29 is 4.74 Å². The van der Waals surface area contributed by atoms with Crippen molar-refractivity contribution in [3.05, 3.63) is 70.7 Å². The van der Waals surface area contributed by atoms with Crippen LogP contribution in [0.2, 0.25) is 5.02 Å². The molecule has 130 valence electrons. The largest absolute Gasteiger partial charge is 0.373 e. The second-order valence-electron chi connectivity index (χ2n) is 6.46. The molecule has 1 fully saturated rings. The number of fused-ring (bicyclic) bond motifs is 1. The van der Waals surface area contributed by atoms with E-state index in [4.69, 9.17) is 16.3 Å². The van der Waals surface area contributed by atoms with E-state index in [1.165, 1.54) is 5.56 Å². The molecule has 0 aliphatic carbocycles. The van der Waals surface area contributed by atoms with Crippen molar-refractivity contribution in [3.8, 4) is 6.07 Å². The number of hydrogen-bond acceptors (Lipinski definition) is 4. The molecular weight excluding hydrogens is 346 g/mol. The van der Waals surface area contributed by atoms with Crippen LogP contribution < -0.4 is 5.32 Å². The van der Waals surface area contributed by atoms with E-state index in [1.807, 2.05) is 24.3 Å². The molecule has 5 heteroatoms. The first-order valence-electron chi connectivity index (χ1n) is 8.65. The molecule has 4 rings (SSSR count). The Morgan fingerprint density at radius 2 is 2.04 bits per heavy atom. The van der Waals surface area contributed by atoms with Crippen LogP contribution in [0.3, 0.4) is 0 Å². The van der Waals surface area contributed by atoms with E-state index in [1.54, 1.807) is 18.2 Å². The Morgan fingerprint density at radius 1 is 1.19 bits per heavy atom. The van der Waals surface area contributed by atoms with E-state index in [0.29, 0.717) is 22.3 Å². The summed E-state index contributed by atoms with van der Waals surface area (Å²) in [4.78, 5) is 4.62. The van der Waals surface area contributed by atoms with Crippen LogP contribution in [0.15, 0.2) is 54.6 Å². The van der Waals surface area contributed by atoms with E-state index in [2.05, 4.69) is 28.5 Å². The van der Waals surface area contributed by atoms with Gasteiger partial charge in [-0.2, -0.15) is 5.26 Å². The fourth-order valence-electron chi connectivity index (χ4n) is 3.47. The number of benzene rings is 2. The maximum absolute atomic E-state index is 9.45. The number of ether oxygens (including phenoxy) is 1. The summed E-state index contributed by atoms with van der Waals surface area (Å²) in [5.41, 5.74) is 2.54. The number of pyridine rings is 1. The zero-order chi connectivity index (χ0) is 17.9. The third-order valence-electron chi connectivity index (χ3n) is 4.78. The van der Waals surface area contributed by atoms with Gasteiger partial charge in [0.05, 0.1) is 23.3 Å². The highest BCUT2D eigenvalue weighted by Crippen LogP contribution is 2.34. The number of nitriles is 1. The molecule has 1 aliphatic rings. The highest BCUT2D eigenvalue weighted by atomic mass is 35.5. The zero-order valence-electron chi connectivity index (χ0n) is 14.2. The third-order valence-corrected chi connectivity index (χ3v) is 5.01. The van der Waals surface area contributed by atoms with Crippen molar-refractivity contribution >= 4 is 28.3 Å². The van der Waals surface area contributed by atoms with Crippen molar-refractivity contribution in [1.82, 2.24) is 4.98 Å². The van der Waals surface area contributed by atoms with Crippen LogP contribution in [0.1, 0.15) is 23.7 Å². The van der Waals surface area contributed by atoms with Gasteiger partial charge in [0, 0.05) is 29.5 Å². The molecule has 2 aromatic carbocycles. The Bertz CT molecular complexity index is 968. The topological polar surface area (TPSA) is 57.9 Å². The van der Waals surface area contributed by atoms with Gasteiger partial charge in [-0.25, -0.2) is 4.98 Å². The van der Waals surface area contributed by atoms with Gasteiger partial charge in [-0.1, -0.05) is 41.9 Å². The summed E-state index contributed by atoms with van der Waals surface area (Å²) in [6, 6.07) is 19.7. The Balaban J connectivity index is 1.54. The summed E-state index contributed by atoms with van der Waals surface area (Å²) in [6.07, 6.45) is 1.10. The fraction of sp³-hybridized carbons (Fsp3) is 0.238. The Labute approximate surface area is 157 Å². The average Bonchev–Trinajstić information content (AvgIpc) is 3.15. The lowest BCUT2D eigenvalue weighted by Crippen LogP contribution is -2.18. The maximum Gasteiger partial charge on any atom is 0.127 e. The normalized spacial score (nSPS) is 19.4. The van der Waals surface area contributed by atoms with Crippen molar-refractivity contribution in [3.63, 3.8) is 0 Å². The SMILES string of the molecule is N#Cc1cc(NCC2CCOC2c2ccccc2)nc2ccc(Cl)cc12. The molecule has 26 heavy (non-hydrogen) atoms. The van der Waals surface area contributed by atoms with Crippen molar-refractivity contribution in [1.29, 1.82) is 5.26 Å². The summed E-state index contributed by atoms with van der Waals surface area (Å²) < 4.78 is 5.94. The molecule has 0 radical (unpaired) electrons. The summed E-state index contributed by atoms with van der Waals surface area (Å²) in [7, 11) is 0. The predicted octanol–water partition coefficient (Wildman–Crippen LogP) is 4.95. The number of nitrogens with zero attached hydrogens (tertiary/aromatic N) is 2. The van der Waals surface area contributed by atoms with Crippen molar-refractivity contribution in [2.24, 2.45) is 5.92 Å². The van der Waals surface area contributed by atoms with Gasteiger partial charge in [0.15, 0.2) is 0 Å². The van der Waals surface area contributed by atoms with Crippen LogP contribution in [0.5, 0.6) is 0 Å². The number of aromatic nitrogens is 1. The molecule has 2 heterocycles. The molecular formula is C21H18ClN3O. The van der Waals surface area contributed by atoms with Gasteiger partial charge in [-0.05, 0) is 36.2 Å². The predicted molar refractivity (Wildman–Crippen MR) is 103 cm³/mol. The van der Waals surface area contributed by atoms with Gasteiger partial charge in [0.25, 0.3) is 0 Å². The first-order chi connectivity index (χ1) is 12.7. The van der Waals surface area contributed by atoms with Gasteiger partial charge in [0.2, 0.25) is 0 Å². The fourth-order valence-corrected chi connectivity index (χ4v) is 3.64. The summed E-state index contributed by atoms with van der Waals surface area (Å²) in [5, 5.41) is 14.2. The van der Waals surface area contributed by atoms with Crippen molar-refractivity contribution in [2.75, 3.05) is 18.5 Å². The second kappa shape index (κ2) is 7.33. The van der Waals surface area contributed by atoms with Crippen LogP contribution in [-0.2, 0) is 4.74 Å². The zero-order valence-corrected chi connectivity index (χ0v) is 14.9. The lowest BCUT2D eigenvalue weighted by molar-refractivity contribution is 0.0933. The minimum atomic E-state index is 0.0957. The Kier molecular flexibility index (Phi) is 4.75. The molecule has 4 nitrogen and oxygen atoms in total. The minimum Gasteiger partial charge on any atom is -0.373 e. The number of anilines is 1. The lowest BCUT2D eigenvalue weighted by atomic mass is 9.95.